The zero-order chi connectivity index (χ0) is 30.6. The molecule has 3 aromatic carbocycles. The molecule has 3 aromatic rings. The third-order valence-electron chi connectivity index (χ3n) is 7.51. The number of carbonyl (C=O) groups excluding carboxylic acids is 4. The molecule has 0 aliphatic carbocycles. The second kappa shape index (κ2) is 12.5. The lowest BCUT2D eigenvalue weighted by molar-refractivity contribution is -0.163. The van der Waals surface area contributed by atoms with Crippen LogP contribution in [0, 0.1) is 0 Å². The molecule has 222 valence electrons. The Hall–Kier alpha value is -4.93. The molecule has 0 unspecified atom stereocenters. The van der Waals surface area contributed by atoms with Crippen LogP contribution >= 0.6 is 0 Å². The molecule has 4 atom stereocenters. The van der Waals surface area contributed by atoms with Crippen LogP contribution in [0.15, 0.2) is 91.0 Å². The lowest BCUT2D eigenvalue weighted by Crippen LogP contribution is -2.74. The van der Waals surface area contributed by atoms with Crippen LogP contribution < -0.4 is 5.32 Å². The summed E-state index contributed by atoms with van der Waals surface area (Å²) in [6.07, 6.45) is -1.61. The van der Waals surface area contributed by atoms with Gasteiger partial charge in [-0.2, -0.15) is 13.2 Å². The van der Waals surface area contributed by atoms with Crippen molar-refractivity contribution in [1.82, 2.24) is 15.1 Å². The minimum absolute atomic E-state index is 0.0387. The van der Waals surface area contributed by atoms with Gasteiger partial charge in [-0.25, -0.2) is 4.79 Å². The topological polar surface area (TPSA) is 96.0 Å². The molecule has 0 radical (unpaired) electrons. The van der Waals surface area contributed by atoms with Crippen molar-refractivity contribution < 1.29 is 37.1 Å². The molecular weight excluding hydrogens is 563 g/mol. The summed E-state index contributed by atoms with van der Waals surface area (Å²) in [4.78, 5) is 54.3. The standard InChI is InChI=1S/C32H28F3N3O5/c33-32(34,35)24-13-7-10-22(18-24)19-36-29(40)26(16-17-39)37-25(15-14-21-8-3-1-4-9-21)28(30(37)41)38-27(20-43-31(38)42)23-11-5-2-6-12-23/h1-15,17-18,25-28H,16,19-20H2,(H,36,40)/b15-14+/t25-,26+,27-,28+/m1/s1. The van der Waals surface area contributed by atoms with Gasteiger partial charge >= 0.3 is 12.3 Å². The number of hydrogen-bond donors (Lipinski definition) is 1. The number of aldehydes is 1. The van der Waals surface area contributed by atoms with Crippen molar-refractivity contribution in [1.29, 1.82) is 0 Å². The Morgan fingerprint density at radius 1 is 1.00 bits per heavy atom. The molecule has 2 aliphatic rings. The van der Waals surface area contributed by atoms with E-state index in [1.165, 1.54) is 21.9 Å². The van der Waals surface area contributed by atoms with Crippen molar-refractivity contribution in [2.45, 2.75) is 43.3 Å². The van der Waals surface area contributed by atoms with Crippen LogP contribution in [-0.2, 0) is 31.8 Å². The Kier molecular flexibility index (Phi) is 8.61. The molecule has 11 heteroatoms. The first-order valence-corrected chi connectivity index (χ1v) is 13.6. The second-order valence-electron chi connectivity index (χ2n) is 10.2. The van der Waals surface area contributed by atoms with Crippen molar-refractivity contribution in [3.63, 3.8) is 0 Å². The Bertz CT molecular complexity index is 1510. The van der Waals surface area contributed by atoms with Crippen LogP contribution in [0.5, 0.6) is 0 Å². The summed E-state index contributed by atoms with van der Waals surface area (Å²) < 4.78 is 44.8. The van der Waals surface area contributed by atoms with Crippen LogP contribution in [0.4, 0.5) is 18.0 Å². The molecule has 8 nitrogen and oxygen atoms in total. The van der Waals surface area contributed by atoms with Gasteiger partial charge in [0.15, 0.2) is 0 Å². The summed E-state index contributed by atoms with van der Waals surface area (Å²) in [6.45, 7) is -0.209. The minimum atomic E-state index is -4.55. The van der Waals surface area contributed by atoms with Crippen LogP contribution in [-0.4, -0.2) is 58.7 Å². The van der Waals surface area contributed by atoms with Crippen molar-refractivity contribution in [2.75, 3.05) is 6.61 Å². The zero-order valence-corrected chi connectivity index (χ0v) is 22.8. The van der Waals surface area contributed by atoms with Gasteiger partial charge in [-0.15, -0.1) is 0 Å². The number of hydrogen-bond acceptors (Lipinski definition) is 5. The number of alkyl halides is 3. The number of halogens is 3. The number of benzene rings is 3. The van der Waals surface area contributed by atoms with Crippen molar-refractivity contribution >= 4 is 30.3 Å². The first-order valence-electron chi connectivity index (χ1n) is 13.6. The quantitative estimate of drug-likeness (QED) is 0.271. The van der Waals surface area contributed by atoms with Gasteiger partial charge in [0.25, 0.3) is 0 Å². The van der Waals surface area contributed by atoms with E-state index in [9.17, 15) is 32.3 Å². The highest BCUT2D eigenvalue weighted by Crippen LogP contribution is 2.38. The molecule has 0 spiro atoms. The van der Waals surface area contributed by atoms with Crippen LogP contribution in [0.1, 0.15) is 34.7 Å². The van der Waals surface area contributed by atoms with Gasteiger partial charge in [-0.05, 0) is 28.8 Å². The molecule has 3 amide bonds. The predicted molar refractivity (Wildman–Crippen MR) is 150 cm³/mol. The van der Waals surface area contributed by atoms with E-state index in [0.717, 1.165) is 23.3 Å². The van der Waals surface area contributed by atoms with E-state index in [1.54, 1.807) is 12.2 Å². The number of ether oxygens (including phenoxy) is 1. The second-order valence-corrected chi connectivity index (χ2v) is 10.2. The summed E-state index contributed by atoms with van der Waals surface area (Å²) in [6, 6.07) is 19.2. The summed E-state index contributed by atoms with van der Waals surface area (Å²) in [7, 11) is 0. The SMILES string of the molecule is O=CC[C@@H](C(=O)NCc1cccc(C(F)(F)F)c1)N1C(=O)[C@@H](N2C(=O)OC[C@@H]2c2ccccc2)[C@H]1/C=C/c1ccccc1. The van der Waals surface area contributed by atoms with Gasteiger partial charge in [0.05, 0.1) is 17.6 Å². The molecular formula is C32H28F3N3O5. The summed E-state index contributed by atoms with van der Waals surface area (Å²) >= 11 is 0. The molecule has 0 bridgehead atoms. The van der Waals surface area contributed by atoms with Gasteiger partial charge in [0.1, 0.15) is 25.0 Å². The highest BCUT2D eigenvalue weighted by Gasteiger charge is 2.57. The van der Waals surface area contributed by atoms with E-state index in [2.05, 4.69) is 5.32 Å². The maximum atomic E-state index is 13.8. The van der Waals surface area contributed by atoms with E-state index in [1.807, 2.05) is 60.7 Å². The smallest absolute Gasteiger partial charge is 0.416 e. The van der Waals surface area contributed by atoms with Crippen molar-refractivity contribution in [3.8, 4) is 0 Å². The molecule has 2 fully saturated rings. The third-order valence-corrected chi connectivity index (χ3v) is 7.51. The summed E-state index contributed by atoms with van der Waals surface area (Å²) in [5.74, 6) is -1.26. The van der Waals surface area contributed by atoms with E-state index >= 15 is 0 Å². The fourth-order valence-electron chi connectivity index (χ4n) is 5.41. The Morgan fingerprint density at radius 2 is 1.70 bits per heavy atom. The first kappa shape index (κ1) is 29.6. The average Bonchev–Trinajstić information content (AvgIpc) is 3.38. The third kappa shape index (κ3) is 6.30. The van der Waals surface area contributed by atoms with Gasteiger partial charge in [-0.1, -0.05) is 84.9 Å². The number of rotatable bonds is 10. The molecule has 2 heterocycles. The molecule has 43 heavy (non-hydrogen) atoms. The number of nitrogens with one attached hydrogen (secondary N) is 1. The molecule has 0 saturated carbocycles. The molecule has 5 rings (SSSR count). The first-order chi connectivity index (χ1) is 20.7. The van der Waals surface area contributed by atoms with Crippen LogP contribution in [0.2, 0.25) is 0 Å². The number of carbonyl (C=O) groups is 4. The maximum absolute atomic E-state index is 13.8. The number of amides is 3. The Labute approximate surface area is 245 Å². The molecule has 0 aromatic heterocycles. The van der Waals surface area contributed by atoms with Gasteiger partial charge < -0.3 is 19.7 Å². The molecule has 2 saturated heterocycles. The van der Waals surface area contributed by atoms with Crippen molar-refractivity contribution in [2.24, 2.45) is 0 Å². The summed E-state index contributed by atoms with van der Waals surface area (Å²) in [5.41, 5.74) is 0.923. The van der Waals surface area contributed by atoms with Crippen LogP contribution in [0.25, 0.3) is 6.08 Å². The van der Waals surface area contributed by atoms with E-state index in [4.69, 9.17) is 4.74 Å². The average molecular weight is 592 g/mol. The zero-order valence-electron chi connectivity index (χ0n) is 22.8. The fraction of sp³-hybridized carbons (Fsp3) is 0.250. The lowest BCUT2D eigenvalue weighted by Gasteiger charge is -2.52. The molecule has 1 N–H and O–H groups in total. The Morgan fingerprint density at radius 3 is 2.37 bits per heavy atom. The fourth-order valence-corrected chi connectivity index (χ4v) is 5.41. The lowest BCUT2D eigenvalue weighted by atomic mass is 9.87. The number of cyclic esters (lactones) is 1. The summed E-state index contributed by atoms with van der Waals surface area (Å²) in [5, 5.41) is 2.57. The van der Waals surface area contributed by atoms with Crippen LogP contribution in [0.3, 0.4) is 0 Å². The Balaban J connectivity index is 1.42. The van der Waals surface area contributed by atoms with E-state index in [-0.39, 0.29) is 25.1 Å². The number of β-lactam (4-membered cyclic amide) rings is 1. The largest absolute Gasteiger partial charge is 0.447 e. The number of likely N-dealkylation sites (tertiary alicyclic amines) is 1. The van der Waals surface area contributed by atoms with Gasteiger partial charge in [0.2, 0.25) is 11.8 Å². The highest BCUT2D eigenvalue weighted by molar-refractivity contribution is 5.98. The van der Waals surface area contributed by atoms with E-state index < -0.39 is 53.8 Å². The highest BCUT2D eigenvalue weighted by atomic mass is 19.4. The monoisotopic (exact) mass is 591 g/mol. The normalized spacial score (nSPS) is 21.0. The maximum Gasteiger partial charge on any atom is 0.416 e. The predicted octanol–water partition coefficient (Wildman–Crippen LogP) is 4.77. The molecule has 2 aliphatic heterocycles. The minimum Gasteiger partial charge on any atom is -0.447 e. The van der Waals surface area contributed by atoms with Gasteiger partial charge in [-0.3, -0.25) is 14.5 Å². The number of nitrogens with zero attached hydrogens (tertiary/aromatic N) is 2. The van der Waals surface area contributed by atoms with Crippen molar-refractivity contribution in [3.05, 3.63) is 113 Å². The van der Waals surface area contributed by atoms with E-state index in [0.29, 0.717) is 6.29 Å². The van der Waals surface area contributed by atoms with Gasteiger partial charge in [0, 0.05) is 13.0 Å².